The number of aromatic nitrogens is 1. The van der Waals surface area contributed by atoms with E-state index in [0.29, 0.717) is 13.1 Å². The van der Waals surface area contributed by atoms with Crippen molar-refractivity contribution in [1.82, 2.24) is 10.3 Å². The molecule has 0 saturated carbocycles. The fraction of sp³-hybridized carbons (Fsp3) is 0.235. The lowest BCUT2D eigenvalue weighted by Gasteiger charge is -2.18. The number of amides is 2. The number of nitrogens with one attached hydrogen (secondary N) is 1. The summed E-state index contributed by atoms with van der Waals surface area (Å²) in [6, 6.07) is 11.3. The third-order valence-electron chi connectivity index (χ3n) is 3.83. The lowest BCUT2D eigenvalue weighted by atomic mass is 10.1. The molecule has 6 heteroatoms. The molecule has 1 aliphatic heterocycles. The van der Waals surface area contributed by atoms with Crippen LogP contribution >= 0.6 is 15.9 Å². The molecule has 1 fully saturated rings. The highest BCUT2D eigenvalue weighted by atomic mass is 79.9. The van der Waals surface area contributed by atoms with Crippen molar-refractivity contribution in [3.05, 3.63) is 58.8 Å². The Morgan fingerprint density at radius 2 is 2.13 bits per heavy atom. The van der Waals surface area contributed by atoms with Crippen LogP contribution in [0.5, 0.6) is 0 Å². The molecule has 1 aromatic heterocycles. The molecule has 2 heterocycles. The number of hydrogen-bond donors (Lipinski definition) is 1. The van der Waals surface area contributed by atoms with Crippen molar-refractivity contribution in [3.63, 3.8) is 0 Å². The number of carbonyl (C=O) groups is 2. The molecule has 0 bridgehead atoms. The van der Waals surface area contributed by atoms with Crippen LogP contribution in [0.1, 0.15) is 12.0 Å². The number of para-hydroxylation sites is 1. The van der Waals surface area contributed by atoms with E-state index in [4.69, 9.17) is 0 Å². The molecule has 1 aliphatic rings. The molecule has 1 unspecified atom stereocenters. The first kappa shape index (κ1) is 15.7. The van der Waals surface area contributed by atoms with Crippen LogP contribution in [-0.4, -0.2) is 23.3 Å². The van der Waals surface area contributed by atoms with E-state index >= 15 is 0 Å². The van der Waals surface area contributed by atoms with Crippen LogP contribution in [0.25, 0.3) is 0 Å². The second kappa shape index (κ2) is 6.91. The van der Waals surface area contributed by atoms with Crippen LogP contribution in [0, 0.1) is 5.92 Å². The lowest BCUT2D eigenvalue weighted by Crippen LogP contribution is -2.32. The van der Waals surface area contributed by atoms with Crippen molar-refractivity contribution in [2.45, 2.75) is 13.0 Å². The molecule has 0 radical (unpaired) electrons. The topological polar surface area (TPSA) is 62.3 Å². The number of benzene rings is 1. The van der Waals surface area contributed by atoms with Gasteiger partial charge in [-0.05, 0) is 39.7 Å². The van der Waals surface area contributed by atoms with Crippen molar-refractivity contribution in [1.29, 1.82) is 0 Å². The van der Waals surface area contributed by atoms with Crippen LogP contribution in [-0.2, 0) is 16.1 Å². The number of halogens is 1. The molecule has 3 rings (SSSR count). The van der Waals surface area contributed by atoms with Crippen molar-refractivity contribution in [2.75, 3.05) is 11.4 Å². The predicted octanol–water partition coefficient (Wildman–Crippen LogP) is 2.51. The smallest absolute Gasteiger partial charge is 0.227 e. The number of nitrogens with zero attached hydrogens (tertiary/aromatic N) is 2. The van der Waals surface area contributed by atoms with Crippen LogP contribution in [0.15, 0.2) is 53.3 Å². The minimum Gasteiger partial charge on any atom is -0.352 e. The Bertz CT molecular complexity index is 721. The number of hydrogen-bond acceptors (Lipinski definition) is 3. The Balaban J connectivity index is 1.63. The van der Waals surface area contributed by atoms with Gasteiger partial charge in [-0.15, -0.1) is 0 Å². The van der Waals surface area contributed by atoms with Gasteiger partial charge in [-0.1, -0.05) is 18.2 Å². The Hall–Kier alpha value is -2.21. The molecule has 1 aromatic carbocycles. The molecule has 0 spiro atoms. The molecule has 1 saturated heterocycles. The van der Waals surface area contributed by atoms with Gasteiger partial charge < -0.3 is 10.2 Å². The molecular weight excluding hydrogens is 358 g/mol. The van der Waals surface area contributed by atoms with Gasteiger partial charge in [0.2, 0.25) is 11.8 Å². The quantitative estimate of drug-likeness (QED) is 0.895. The monoisotopic (exact) mass is 373 g/mol. The highest BCUT2D eigenvalue weighted by molar-refractivity contribution is 9.10. The fourth-order valence-electron chi connectivity index (χ4n) is 2.62. The van der Waals surface area contributed by atoms with Gasteiger partial charge in [0.1, 0.15) is 0 Å². The fourth-order valence-corrected chi connectivity index (χ4v) is 3.12. The van der Waals surface area contributed by atoms with Gasteiger partial charge in [0, 0.05) is 36.4 Å². The minimum atomic E-state index is -0.328. The highest BCUT2D eigenvalue weighted by Gasteiger charge is 2.35. The normalized spacial score (nSPS) is 17.3. The molecule has 23 heavy (non-hydrogen) atoms. The van der Waals surface area contributed by atoms with Gasteiger partial charge in [0.15, 0.2) is 0 Å². The minimum absolute atomic E-state index is 0.0292. The first-order chi connectivity index (χ1) is 11.1. The van der Waals surface area contributed by atoms with Crippen LogP contribution in [0.4, 0.5) is 5.69 Å². The van der Waals surface area contributed by atoms with Gasteiger partial charge in [-0.3, -0.25) is 14.6 Å². The average molecular weight is 374 g/mol. The Morgan fingerprint density at radius 3 is 2.87 bits per heavy atom. The molecule has 2 amide bonds. The number of anilines is 1. The van der Waals surface area contributed by atoms with E-state index < -0.39 is 0 Å². The molecule has 118 valence electrons. The Morgan fingerprint density at radius 1 is 1.30 bits per heavy atom. The zero-order valence-corrected chi connectivity index (χ0v) is 14.0. The lowest BCUT2D eigenvalue weighted by molar-refractivity contribution is -0.126. The summed E-state index contributed by atoms with van der Waals surface area (Å²) in [7, 11) is 0. The highest BCUT2D eigenvalue weighted by Crippen LogP contribution is 2.31. The van der Waals surface area contributed by atoms with E-state index in [1.807, 2.05) is 36.4 Å². The van der Waals surface area contributed by atoms with Crippen LogP contribution < -0.4 is 10.2 Å². The van der Waals surface area contributed by atoms with E-state index in [-0.39, 0.29) is 24.2 Å². The third-order valence-corrected chi connectivity index (χ3v) is 4.50. The summed E-state index contributed by atoms with van der Waals surface area (Å²) in [5.41, 5.74) is 1.74. The maximum atomic E-state index is 12.3. The standard InChI is InChI=1S/C17H16BrN3O2/c18-14-5-1-2-6-15(14)21-11-13(8-16(21)22)17(23)20-10-12-4-3-7-19-9-12/h1-7,9,13H,8,10-11H2,(H,20,23). The second-order valence-corrected chi connectivity index (χ2v) is 6.29. The summed E-state index contributed by atoms with van der Waals surface area (Å²) in [5.74, 6) is -0.457. The van der Waals surface area contributed by atoms with Gasteiger partial charge in [-0.2, -0.15) is 0 Å². The van der Waals surface area contributed by atoms with Gasteiger partial charge in [-0.25, -0.2) is 0 Å². The summed E-state index contributed by atoms with van der Waals surface area (Å²) < 4.78 is 0.852. The first-order valence-corrected chi connectivity index (χ1v) is 8.16. The van der Waals surface area contributed by atoms with Crippen molar-refractivity contribution < 1.29 is 9.59 Å². The largest absolute Gasteiger partial charge is 0.352 e. The van der Waals surface area contributed by atoms with E-state index in [9.17, 15) is 9.59 Å². The van der Waals surface area contributed by atoms with Crippen LogP contribution in [0.3, 0.4) is 0 Å². The summed E-state index contributed by atoms with van der Waals surface area (Å²) in [6.07, 6.45) is 3.64. The van der Waals surface area contributed by atoms with Crippen molar-refractivity contribution >= 4 is 33.4 Å². The molecular formula is C17H16BrN3O2. The number of rotatable bonds is 4. The van der Waals surface area contributed by atoms with E-state index in [2.05, 4.69) is 26.2 Å². The summed E-state index contributed by atoms with van der Waals surface area (Å²) in [4.78, 5) is 30.2. The predicted molar refractivity (Wildman–Crippen MR) is 90.7 cm³/mol. The molecule has 1 atom stereocenters. The third kappa shape index (κ3) is 3.59. The van der Waals surface area contributed by atoms with Gasteiger partial charge in [0.05, 0.1) is 11.6 Å². The number of carbonyl (C=O) groups excluding carboxylic acids is 2. The zero-order chi connectivity index (χ0) is 16.2. The average Bonchev–Trinajstić information content (AvgIpc) is 2.96. The number of pyridine rings is 1. The van der Waals surface area contributed by atoms with Gasteiger partial charge >= 0.3 is 0 Å². The maximum Gasteiger partial charge on any atom is 0.227 e. The molecule has 2 aromatic rings. The Labute approximate surface area is 142 Å². The SMILES string of the molecule is O=C(NCc1cccnc1)C1CC(=O)N(c2ccccc2Br)C1. The van der Waals surface area contributed by atoms with E-state index in [1.54, 1.807) is 17.3 Å². The first-order valence-electron chi connectivity index (χ1n) is 7.36. The zero-order valence-electron chi connectivity index (χ0n) is 12.4. The van der Waals surface area contributed by atoms with Crippen molar-refractivity contribution in [3.8, 4) is 0 Å². The van der Waals surface area contributed by atoms with Crippen molar-refractivity contribution in [2.24, 2.45) is 5.92 Å². The van der Waals surface area contributed by atoms with E-state index in [0.717, 1.165) is 15.7 Å². The second-order valence-electron chi connectivity index (χ2n) is 5.44. The van der Waals surface area contributed by atoms with E-state index in [1.165, 1.54) is 0 Å². The van der Waals surface area contributed by atoms with Crippen LogP contribution in [0.2, 0.25) is 0 Å². The molecule has 5 nitrogen and oxygen atoms in total. The Kier molecular flexibility index (Phi) is 4.71. The summed E-state index contributed by atoms with van der Waals surface area (Å²) in [5, 5.41) is 2.88. The summed E-state index contributed by atoms with van der Waals surface area (Å²) >= 11 is 3.45. The molecule has 1 N–H and O–H groups in total. The maximum absolute atomic E-state index is 12.3. The molecule has 0 aliphatic carbocycles. The van der Waals surface area contributed by atoms with Gasteiger partial charge in [0.25, 0.3) is 0 Å². The summed E-state index contributed by atoms with van der Waals surface area (Å²) in [6.45, 7) is 0.826.